The van der Waals surface area contributed by atoms with Crippen LogP contribution in [0.4, 0.5) is 0 Å². The first kappa shape index (κ1) is 15.8. The van der Waals surface area contributed by atoms with Gasteiger partial charge >= 0.3 is 0 Å². The summed E-state index contributed by atoms with van der Waals surface area (Å²) in [5.41, 5.74) is 1.09. The van der Waals surface area contributed by atoms with Crippen molar-refractivity contribution >= 4 is 5.91 Å². The number of carbonyl (C=O) groups is 1. The summed E-state index contributed by atoms with van der Waals surface area (Å²) in [7, 11) is 1.65. The first-order chi connectivity index (χ1) is 10.2. The smallest absolute Gasteiger partial charge is 0.237 e. The number of nitrogens with one attached hydrogen (secondary N) is 1. The summed E-state index contributed by atoms with van der Waals surface area (Å²) in [6, 6.07) is 7.76. The normalized spacial score (nSPS) is 17.8. The zero-order valence-electron chi connectivity index (χ0n) is 13.1. The van der Waals surface area contributed by atoms with Crippen LogP contribution in [-0.4, -0.2) is 37.0 Å². The average molecular weight is 290 g/mol. The fourth-order valence-electron chi connectivity index (χ4n) is 2.73. The van der Waals surface area contributed by atoms with Crippen LogP contribution in [0.25, 0.3) is 0 Å². The van der Waals surface area contributed by atoms with Gasteiger partial charge in [0.25, 0.3) is 0 Å². The van der Waals surface area contributed by atoms with E-state index >= 15 is 0 Å². The largest absolute Gasteiger partial charge is 0.497 e. The van der Waals surface area contributed by atoms with E-state index in [-0.39, 0.29) is 11.9 Å². The second-order valence-corrected chi connectivity index (χ2v) is 5.69. The molecule has 1 aliphatic rings. The molecule has 0 unspecified atom stereocenters. The van der Waals surface area contributed by atoms with Crippen LogP contribution >= 0.6 is 0 Å². The molecule has 0 bridgehead atoms. The molecule has 1 aliphatic heterocycles. The molecule has 1 fully saturated rings. The molecule has 2 rings (SSSR count). The van der Waals surface area contributed by atoms with Gasteiger partial charge in [-0.25, -0.2) is 0 Å². The van der Waals surface area contributed by atoms with Gasteiger partial charge in [-0.3, -0.25) is 9.69 Å². The molecule has 1 aromatic rings. The van der Waals surface area contributed by atoms with Crippen molar-refractivity contribution in [1.29, 1.82) is 0 Å². The van der Waals surface area contributed by atoms with Crippen molar-refractivity contribution in [2.45, 2.75) is 45.2 Å². The quantitative estimate of drug-likeness (QED) is 0.906. The van der Waals surface area contributed by atoms with Crippen molar-refractivity contribution in [3.63, 3.8) is 0 Å². The van der Waals surface area contributed by atoms with Gasteiger partial charge in [-0.1, -0.05) is 25.0 Å². The molecular weight excluding hydrogens is 264 g/mol. The fourth-order valence-corrected chi connectivity index (χ4v) is 2.73. The Morgan fingerprint density at radius 2 is 1.81 bits per heavy atom. The lowest BCUT2D eigenvalue weighted by Crippen LogP contribution is -2.45. The Hall–Kier alpha value is -1.55. The van der Waals surface area contributed by atoms with Crippen molar-refractivity contribution in [3.8, 4) is 5.75 Å². The summed E-state index contributed by atoms with van der Waals surface area (Å²) in [6.45, 7) is 4.66. The third kappa shape index (κ3) is 4.74. The molecule has 1 N–H and O–H groups in total. The molecule has 21 heavy (non-hydrogen) atoms. The molecule has 116 valence electrons. The maximum Gasteiger partial charge on any atom is 0.237 e. The number of rotatable bonds is 5. The van der Waals surface area contributed by atoms with Crippen LogP contribution in [-0.2, 0) is 11.3 Å². The molecule has 4 nitrogen and oxygen atoms in total. The highest BCUT2D eigenvalue weighted by Crippen LogP contribution is 2.13. The molecule has 1 aromatic carbocycles. The van der Waals surface area contributed by atoms with E-state index in [0.29, 0.717) is 6.54 Å². The first-order valence-electron chi connectivity index (χ1n) is 7.85. The van der Waals surface area contributed by atoms with Gasteiger partial charge in [0.15, 0.2) is 0 Å². The maximum absolute atomic E-state index is 12.3. The molecule has 0 spiro atoms. The van der Waals surface area contributed by atoms with E-state index in [0.717, 1.165) is 24.4 Å². The van der Waals surface area contributed by atoms with Crippen molar-refractivity contribution in [2.75, 3.05) is 20.2 Å². The molecule has 0 aromatic heterocycles. The highest BCUT2D eigenvalue weighted by molar-refractivity contribution is 5.81. The lowest BCUT2D eigenvalue weighted by atomic mass is 10.2. The lowest BCUT2D eigenvalue weighted by Gasteiger charge is -2.26. The number of amides is 1. The molecular formula is C17H26N2O2. The van der Waals surface area contributed by atoms with Crippen LogP contribution in [0.2, 0.25) is 0 Å². The number of hydrogen-bond acceptors (Lipinski definition) is 3. The minimum absolute atomic E-state index is 0.0404. The Bertz CT molecular complexity index is 437. The highest BCUT2D eigenvalue weighted by atomic mass is 16.5. The van der Waals surface area contributed by atoms with E-state index in [4.69, 9.17) is 4.74 Å². The van der Waals surface area contributed by atoms with Gasteiger partial charge in [0, 0.05) is 6.54 Å². The van der Waals surface area contributed by atoms with E-state index in [9.17, 15) is 4.79 Å². The maximum atomic E-state index is 12.3. The second-order valence-electron chi connectivity index (χ2n) is 5.69. The van der Waals surface area contributed by atoms with Gasteiger partial charge in [-0.05, 0) is 50.6 Å². The average Bonchev–Trinajstić information content (AvgIpc) is 2.81. The zero-order valence-corrected chi connectivity index (χ0v) is 13.1. The summed E-state index contributed by atoms with van der Waals surface area (Å²) in [5.74, 6) is 0.954. The van der Waals surface area contributed by atoms with Gasteiger partial charge in [0.1, 0.15) is 5.75 Å². The minimum Gasteiger partial charge on any atom is -0.497 e. The summed E-state index contributed by atoms with van der Waals surface area (Å²) in [6.07, 6.45) is 4.99. The minimum atomic E-state index is -0.0404. The van der Waals surface area contributed by atoms with Gasteiger partial charge in [-0.2, -0.15) is 0 Å². The van der Waals surface area contributed by atoms with E-state index < -0.39 is 0 Å². The molecule has 0 saturated carbocycles. The highest BCUT2D eigenvalue weighted by Gasteiger charge is 2.21. The summed E-state index contributed by atoms with van der Waals surface area (Å²) >= 11 is 0. The van der Waals surface area contributed by atoms with E-state index in [1.807, 2.05) is 31.2 Å². The Morgan fingerprint density at radius 1 is 1.19 bits per heavy atom. The third-order valence-electron chi connectivity index (χ3n) is 4.19. The standard InChI is InChI=1S/C17H26N2O2/c1-14(19-11-5-3-4-6-12-19)17(20)18-13-15-7-9-16(21-2)10-8-15/h7-10,14H,3-6,11-13H2,1-2H3,(H,18,20)/t14-/m0/s1. The van der Waals surface area contributed by atoms with Crippen LogP contribution in [0.1, 0.15) is 38.2 Å². The molecule has 1 heterocycles. The predicted molar refractivity (Wildman–Crippen MR) is 84.3 cm³/mol. The van der Waals surface area contributed by atoms with Crippen LogP contribution in [0, 0.1) is 0 Å². The summed E-state index contributed by atoms with van der Waals surface area (Å²) in [5, 5.41) is 3.03. The molecule has 4 heteroatoms. The molecule has 1 amide bonds. The number of benzene rings is 1. The molecule has 0 radical (unpaired) electrons. The van der Waals surface area contributed by atoms with Crippen LogP contribution in [0.3, 0.4) is 0 Å². The van der Waals surface area contributed by atoms with Crippen molar-refractivity contribution in [1.82, 2.24) is 10.2 Å². The Morgan fingerprint density at radius 3 is 2.38 bits per heavy atom. The topological polar surface area (TPSA) is 41.6 Å². The number of ether oxygens (including phenoxy) is 1. The van der Waals surface area contributed by atoms with Crippen molar-refractivity contribution in [3.05, 3.63) is 29.8 Å². The van der Waals surface area contributed by atoms with Gasteiger partial charge in [-0.15, -0.1) is 0 Å². The van der Waals surface area contributed by atoms with E-state index in [1.165, 1.54) is 25.7 Å². The van der Waals surface area contributed by atoms with Crippen molar-refractivity contribution in [2.24, 2.45) is 0 Å². The fraction of sp³-hybridized carbons (Fsp3) is 0.588. The number of nitrogens with zero attached hydrogens (tertiary/aromatic N) is 1. The molecule has 0 aliphatic carbocycles. The Kier molecular flexibility index (Phi) is 6.05. The third-order valence-corrected chi connectivity index (χ3v) is 4.19. The van der Waals surface area contributed by atoms with Gasteiger partial charge < -0.3 is 10.1 Å². The number of hydrogen-bond donors (Lipinski definition) is 1. The van der Waals surface area contributed by atoms with E-state index in [1.54, 1.807) is 7.11 Å². The summed E-state index contributed by atoms with van der Waals surface area (Å²) in [4.78, 5) is 14.6. The lowest BCUT2D eigenvalue weighted by molar-refractivity contribution is -0.126. The zero-order chi connectivity index (χ0) is 15.1. The number of methoxy groups -OCH3 is 1. The SMILES string of the molecule is COc1ccc(CNC(=O)[C@H](C)N2CCCCCC2)cc1. The predicted octanol–water partition coefficient (Wildman–Crippen LogP) is 2.58. The number of carbonyl (C=O) groups excluding carboxylic acids is 1. The second kappa shape index (κ2) is 8.03. The molecule has 1 atom stereocenters. The Balaban J connectivity index is 1.82. The Labute approximate surface area is 127 Å². The van der Waals surface area contributed by atoms with Crippen LogP contribution in [0.5, 0.6) is 5.75 Å². The van der Waals surface area contributed by atoms with Crippen molar-refractivity contribution < 1.29 is 9.53 Å². The van der Waals surface area contributed by atoms with Gasteiger partial charge in [0.05, 0.1) is 13.2 Å². The van der Waals surface area contributed by atoms with Crippen LogP contribution in [0.15, 0.2) is 24.3 Å². The monoisotopic (exact) mass is 290 g/mol. The number of likely N-dealkylation sites (tertiary alicyclic amines) is 1. The first-order valence-corrected chi connectivity index (χ1v) is 7.85. The van der Waals surface area contributed by atoms with Crippen LogP contribution < -0.4 is 10.1 Å². The molecule has 1 saturated heterocycles. The van der Waals surface area contributed by atoms with E-state index in [2.05, 4.69) is 10.2 Å². The summed E-state index contributed by atoms with van der Waals surface area (Å²) < 4.78 is 5.13. The van der Waals surface area contributed by atoms with Gasteiger partial charge in [0.2, 0.25) is 5.91 Å².